The summed E-state index contributed by atoms with van der Waals surface area (Å²) in [6, 6.07) is 20.6. The van der Waals surface area contributed by atoms with Crippen LogP contribution in [0.5, 0.6) is 0 Å². The van der Waals surface area contributed by atoms with Crippen molar-refractivity contribution in [2.75, 3.05) is 0 Å². The van der Waals surface area contributed by atoms with E-state index in [9.17, 15) is 5.11 Å². The monoisotopic (exact) mass is 283 g/mol. The van der Waals surface area contributed by atoms with Gasteiger partial charge in [-0.2, -0.15) is 0 Å². The minimum absolute atomic E-state index is 0.292. The average molecular weight is 283 g/mol. The van der Waals surface area contributed by atoms with Gasteiger partial charge >= 0.3 is 0 Å². The predicted molar refractivity (Wildman–Crippen MR) is 87.9 cm³/mol. The number of nitrogens with one attached hydrogen (secondary N) is 1. The molecule has 2 atom stereocenters. The number of rotatable bonds is 7. The number of hydrogen-bond acceptors (Lipinski definition) is 2. The lowest BCUT2D eigenvalue weighted by Crippen LogP contribution is -2.34. The predicted octanol–water partition coefficient (Wildman–Crippen LogP) is 3.92. The molecule has 112 valence electrons. The summed E-state index contributed by atoms with van der Waals surface area (Å²) in [4.78, 5) is 0. The Morgan fingerprint density at radius 3 is 2.05 bits per heavy atom. The normalized spacial score (nSPS) is 14.1. The quantitative estimate of drug-likeness (QED) is 0.807. The van der Waals surface area contributed by atoms with Crippen molar-refractivity contribution in [2.45, 2.75) is 39.0 Å². The van der Waals surface area contributed by atoms with Gasteiger partial charge in [0.05, 0.1) is 6.10 Å². The highest BCUT2D eigenvalue weighted by molar-refractivity contribution is 5.18. The third-order valence-electron chi connectivity index (χ3n) is 3.88. The maximum atomic E-state index is 10.4. The van der Waals surface area contributed by atoms with Crippen molar-refractivity contribution in [3.05, 3.63) is 71.8 Å². The molecule has 0 radical (unpaired) electrons. The molecule has 2 aromatic carbocycles. The summed E-state index contributed by atoms with van der Waals surface area (Å²) in [6.45, 7) is 5.23. The van der Waals surface area contributed by atoms with Gasteiger partial charge in [0.1, 0.15) is 0 Å². The zero-order valence-corrected chi connectivity index (χ0v) is 12.9. The Kier molecular flexibility index (Phi) is 5.97. The third-order valence-corrected chi connectivity index (χ3v) is 3.88. The first kappa shape index (κ1) is 15.7. The van der Waals surface area contributed by atoms with Crippen molar-refractivity contribution in [2.24, 2.45) is 5.92 Å². The molecule has 0 saturated carbocycles. The SMILES string of the molecule is CC(C)[C@H](C[C@@H](O)c1ccccc1)NCc1ccccc1. The molecule has 0 bridgehead atoms. The van der Waals surface area contributed by atoms with E-state index in [4.69, 9.17) is 0 Å². The van der Waals surface area contributed by atoms with Crippen LogP contribution in [-0.2, 0) is 6.54 Å². The molecule has 0 aliphatic rings. The largest absolute Gasteiger partial charge is 0.388 e. The van der Waals surface area contributed by atoms with Crippen molar-refractivity contribution in [1.29, 1.82) is 0 Å². The zero-order valence-electron chi connectivity index (χ0n) is 12.9. The molecular formula is C19H25NO. The van der Waals surface area contributed by atoms with Gasteiger partial charge in [-0.15, -0.1) is 0 Å². The van der Waals surface area contributed by atoms with Gasteiger partial charge in [0.15, 0.2) is 0 Å². The lowest BCUT2D eigenvalue weighted by Gasteiger charge is -2.25. The van der Waals surface area contributed by atoms with Crippen LogP contribution in [0.25, 0.3) is 0 Å². The van der Waals surface area contributed by atoms with Crippen LogP contribution in [0, 0.1) is 5.92 Å². The number of hydrogen-bond donors (Lipinski definition) is 2. The first-order valence-electron chi connectivity index (χ1n) is 7.67. The van der Waals surface area contributed by atoms with Crippen molar-refractivity contribution in [1.82, 2.24) is 5.32 Å². The van der Waals surface area contributed by atoms with Gasteiger partial charge in [0.2, 0.25) is 0 Å². The van der Waals surface area contributed by atoms with Crippen molar-refractivity contribution in [3.8, 4) is 0 Å². The van der Waals surface area contributed by atoms with E-state index in [1.54, 1.807) is 0 Å². The summed E-state index contributed by atoms with van der Waals surface area (Å²) in [7, 11) is 0. The molecule has 0 aliphatic carbocycles. The second-order valence-corrected chi connectivity index (χ2v) is 5.88. The number of benzene rings is 2. The summed E-state index contributed by atoms with van der Waals surface area (Å²) in [6.07, 6.45) is 0.316. The van der Waals surface area contributed by atoms with Crippen molar-refractivity contribution in [3.63, 3.8) is 0 Å². The Labute approximate surface area is 127 Å². The van der Waals surface area contributed by atoms with E-state index >= 15 is 0 Å². The summed E-state index contributed by atoms with van der Waals surface area (Å²) in [5, 5.41) is 14.0. The number of aliphatic hydroxyl groups excluding tert-OH is 1. The summed E-state index contributed by atoms with van der Waals surface area (Å²) in [5.74, 6) is 0.479. The van der Waals surface area contributed by atoms with Crippen LogP contribution in [0.3, 0.4) is 0 Å². The van der Waals surface area contributed by atoms with Gasteiger partial charge in [-0.25, -0.2) is 0 Å². The molecule has 0 spiro atoms. The van der Waals surface area contributed by atoms with Crippen molar-refractivity contribution < 1.29 is 5.11 Å². The molecule has 0 heterocycles. The van der Waals surface area contributed by atoms with Gasteiger partial charge in [-0.05, 0) is 23.5 Å². The molecule has 0 amide bonds. The average Bonchev–Trinajstić information content (AvgIpc) is 2.52. The fourth-order valence-electron chi connectivity index (χ4n) is 2.49. The summed E-state index contributed by atoms with van der Waals surface area (Å²) < 4.78 is 0. The fourth-order valence-corrected chi connectivity index (χ4v) is 2.49. The van der Waals surface area contributed by atoms with E-state index in [0.29, 0.717) is 12.0 Å². The Morgan fingerprint density at radius 2 is 1.48 bits per heavy atom. The lowest BCUT2D eigenvalue weighted by molar-refractivity contribution is 0.140. The molecule has 0 saturated heterocycles. The molecule has 0 unspecified atom stereocenters. The first-order chi connectivity index (χ1) is 10.2. The molecule has 2 heteroatoms. The maximum Gasteiger partial charge on any atom is 0.0805 e. The Bertz CT molecular complexity index is 510. The Balaban J connectivity index is 1.93. The van der Waals surface area contributed by atoms with E-state index in [0.717, 1.165) is 18.5 Å². The lowest BCUT2D eigenvalue weighted by atomic mass is 9.94. The second-order valence-electron chi connectivity index (χ2n) is 5.88. The maximum absolute atomic E-state index is 10.4. The van der Waals surface area contributed by atoms with Gasteiger partial charge in [0.25, 0.3) is 0 Å². The zero-order chi connectivity index (χ0) is 15.1. The number of aliphatic hydroxyl groups is 1. The highest BCUT2D eigenvalue weighted by atomic mass is 16.3. The van der Waals surface area contributed by atoms with Gasteiger partial charge in [-0.3, -0.25) is 0 Å². The van der Waals surface area contributed by atoms with Crippen LogP contribution in [0.1, 0.15) is 37.5 Å². The van der Waals surface area contributed by atoms with E-state index in [1.165, 1.54) is 5.56 Å². The highest BCUT2D eigenvalue weighted by Crippen LogP contribution is 2.21. The molecule has 2 rings (SSSR count). The van der Waals surface area contributed by atoms with Crippen LogP contribution in [0.4, 0.5) is 0 Å². The topological polar surface area (TPSA) is 32.3 Å². The molecule has 2 nitrogen and oxygen atoms in total. The highest BCUT2D eigenvalue weighted by Gasteiger charge is 2.18. The molecule has 0 aromatic heterocycles. The minimum Gasteiger partial charge on any atom is -0.388 e. The molecule has 2 aromatic rings. The van der Waals surface area contributed by atoms with Crippen LogP contribution >= 0.6 is 0 Å². The molecule has 0 fully saturated rings. The summed E-state index contributed by atoms with van der Waals surface area (Å²) in [5.41, 5.74) is 2.27. The fraction of sp³-hybridized carbons (Fsp3) is 0.368. The van der Waals surface area contributed by atoms with Gasteiger partial charge in [0, 0.05) is 12.6 Å². The van der Waals surface area contributed by atoms with E-state index in [-0.39, 0.29) is 0 Å². The molecule has 21 heavy (non-hydrogen) atoms. The second kappa shape index (κ2) is 7.96. The Morgan fingerprint density at radius 1 is 0.905 bits per heavy atom. The van der Waals surface area contributed by atoms with Crippen molar-refractivity contribution >= 4 is 0 Å². The first-order valence-corrected chi connectivity index (χ1v) is 7.67. The standard InChI is InChI=1S/C19H25NO/c1-15(2)18(20-14-16-9-5-3-6-10-16)13-19(21)17-11-7-4-8-12-17/h3-12,15,18-21H,13-14H2,1-2H3/t18-,19+/m0/s1. The van der Waals surface area contributed by atoms with Crippen LogP contribution in [-0.4, -0.2) is 11.1 Å². The molecule has 0 aliphatic heterocycles. The molecular weight excluding hydrogens is 258 g/mol. The van der Waals surface area contributed by atoms with Crippen LogP contribution in [0.2, 0.25) is 0 Å². The third kappa shape index (κ3) is 5.00. The van der Waals surface area contributed by atoms with Gasteiger partial charge in [-0.1, -0.05) is 74.5 Å². The molecule has 2 N–H and O–H groups in total. The minimum atomic E-state index is -0.415. The van der Waals surface area contributed by atoms with E-state index < -0.39 is 6.10 Å². The summed E-state index contributed by atoms with van der Waals surface area (Å²) >= 11 is 0. The van der Waals surface area contributed by atoms with E-state index in [1.807, 2.05) is 36.4 Å². The van der Waals surface area contributed by atoms with Crippen LogP contribution < -0.4 is 5.32 Å². The van der Waals surface area contributed by atoms with Crippen LogP contribution in [0.15, 0.2) is 60.7 Å². The smallest absolute Gasteiger partial charge is 0.0805 e. The van der Waals surface area contributed by atoms with E-state index in [2.05, 4.69) is 43.4 Å². The van der Waals surface area contributed by atoms with Gasteiger partial charge < -0.3 is 10.4 Å². The Hall–Kier alpha value is -1.64.